The molecule has 1 aromatic heterocycles. The Morgan fingerprint density at radius 3 is 2.36 bits per heavy atom. The van der Waals surface area contributed by atoms with E-state index in [0.717, 1.165) is 36.3 Å². The molecule has 0 unspecified atom stereocenters. The average molecular weight is 364 g/mol. The zero-order valence-electron chi connectivity index (χ0n) is 15.5. The summed E-state index contributed by atoms with van der Waals surface area (Å²) in [6.45, 7) is 6.38. The molecule has 0 bridgehead atoms. The lowest BCUT2D eigenvalue weighted by Crippen LogP contribution is -2.20. The van der Waals surface area contributed by atoms with Crippen molar-refractivity contribution in [1.82, 2.24) is 9.97 Å². The zero-order valence-corrected chi connectivity index (χ0v) is 16.3. The molecule has 0 atom stereocenters. The smallest absolute Gasteiger partial charge is 0.242 e. The summed E-state index contributed by atoms with van der Waals surface area (Å²) in [5.74, 6) is 1.89. The first-order chi connectivity index (χ1) is 12.1. The molecule has 136 valence electrons. The third-order valence-corrected chi connectivity index (χ3v) is 4.44. The standard InChI is InChI=1S/C19H26ClN3O2/c1-6-13(7-2)21-18-15(8-3)22-17(19(23-18)25-5)14-10-9-12(20)11-16(14)24-4/h9-11,13H,6-8H2,1-5H3,(H,21,23). The molecule has 0 spiro atoms. The third kappa shape index (κ3) is 4.34. The molecule has 0 aliphatic carbocycles. The van der Waals surface area contributed by atoms with Crippen LogP contribution < -0.4 is 14.8 Å². The molecule has 1 aromatic carbocycles. The Balaban J connectivity index is 2.56. The van der Waals surface area contributed by atoms with Gasteiger partial charge in [0.15, 0.2) is 5.82 Å². The number of benzene rings is 1. The first-order valence-corrected chi connectivity index (χ1v) is 9.00. The Morgan fingerprint density at radius 1 is 1.08 bits per heavy atom. The van der Waals surface area contributed by atoms with Gasteiger partial charge in [0, 0.05) is 16.6 Å². The van der Waals surface area contributed by atoms with E-state index in [1.807, 2.05) is 12.1 Å². The normalized spacial score (nSPS) is 10.8. The average Bonchev–Trinajstić information content (AvgIpc) is 2.65. The highest BCUT2D eigenvalue weighted by atomic mass is 35.5. The van der Waals surface area contributed by atoms with Crippen LogP contribution in [0.15, 0.2) is 18.2 Å². The topological polar surface area (TPSA) is 56.3 Å². The van der Waals surface area contributed by atoms with Crippen LogP contribution in [-0.4, -0.2) is 30.2 Å². The van der Waals surface area contributed by atoms with Crippen molar-refractivity contribution in [3.8, 4) is 22.9 Å². The fraction of sp³-hybridized carbons (Fsp3) is 0.474. The molecule has 1 heterocycles. The molecule has 0 saturated carbocycles. The highest BCUT2D eigenvalue weighted by Gasteiger charge is 2.19. The van der Waals surface area contributed by atoms with Crippen molar-refractivity contribution in [3.05, 3.63) is 28.9 Å². The number of hydrogen-bond acceptors (Lipinski definition) is 5. The molecule has 0 fully saturated rings. The molecule has 1 N–H and O–H groups in total. The molecule has 2 rings (SSSR count). The van der Waals surface area contributed by atoms with Crippen LogP contribution >= 0.6 is 11.6 Å². The van der Waals surface area contributed by atoms with Crippen LogP contribution in [0, 0.1) is 0 Å². The maximum atomic E-state index is 6.07. The van der Waals surface area contributed by atoms with Crippen LogP contribution in [0.4, 0.5) is 5.82 Å². The van der Waals surface area contributed by atoms with Crippen molar-refractivity contribution in [1.29, 1.82) is 0 Å². The van der Waals surface area contributed by atoms with E-state index < -0.39 is 0 Å². The molecule has 25 heavy (non-hydrogen) atoms. The van der Waals surface area contributed by atoms with Gasteiger partial charge in [0.25, 0.3) is 0 Å². The summed E-state index contributed by atoms with van der Waals surface area (Å²) in [6, 6.07) is 5.81. The lowest BCUT2D eigenvalue weighted by atomic mass is 10.1. The molecule has 0 aliphatic rings. The molecule has 0 amide bonds. The number of methoxy groups -OCH3 is 2. The fourth-order valence-electron chi connectivity index (χ4n) is 2.68. The predicted molar refractivity (Wildman–Crippen MR) is 103 cm³/mol. The second-order valence-electron chi connectivity index (χ2n) is 5.73. The maximum Gasteiger partial charge on any atom is 0.242 e. The molecular weight excluding hydrogens is 338 g/mol. The number of rotatable bonds is 8. The zero-order chi connectivity index (χ0) is 18.4. The SMILES string of the molecule is CCc1nc(-c2ccc(Cl)cc2OC)c(OC)nc1NC(CC)CC. The summed E-state index contributed by atoms with van der Waals surface area (Å²) in [5, 5.41) is 4.09. The number of halogens is 1. The first-order valence-electron chi connectivity index (χ1n) is 8.63. The minimum atomic E-state index is 0.361. The van der Waals surface area contributed by atoms with Crippen molar-refractivity contribution < 1.29 is 9.47 Å². The first kappa shape index (κ1) is 19.3. The molecule has 0 saturated heterocycles. The molecule has 2 aromatic rings. The van der Waals surface area contributed by atoms with Gasteiger partial charge < -0.3 is 14.8 Å². The van der Waals surface area contributed by atoms with Crippen molar-refractivity contribution in [2.45, 2.75) is 46.1 Å². The van der Waals surface area contributed by atoms with E-state index in [2.05, 4.69) is 31.1 Å². The third-order valence-electron chi connectivity index (χ3n) is 4.21. The quantitative estimate of drug-likeness (QED) is 0.717. The van der Waals surface area contributed by atoms with Crippen LogP contribution in [0.3, 0.4) is 0 Å². The number of ether oxygens (including phenoxy) is 2. The summed E-state index contributed by atoms with van der Waals surface area (Å²) in [4.78, 5) is 9.51. The number of aromatic nitrogens is 2. The van der Waals surface area contributed by atoms with E-state index in [4.69, 9.17) is 26.1 Å². The second kappa shape index (κ2) is 8.90. The predicted octanol–water partition coefficient (Wildman–Crippen LogP) is 4.98. The minimum absolute atomic E-state index is 0.361. The second-order valence-corrected chi connectivity index (χ2v) is 6.17. The van der Waals surface area contributed by atoms with Crippen molar-refractivity contribution in [2.75, 3.05) is 19.5 Å². The summed E-state index contributed by atoms with van der Waals surface area (Å²) >= 11 is 6.07. The Kier molecular flexibility index (Phi) is 6.88. The Morgan fingerprint density at radius 2 is 1.80 bits per heavy atom. The lowest BCUT2D eigenvalue weighted by molar-refractivity contribution is 0.395. The monoisotopic (exact) mass is 363 g/mol. The Bertz CT molecular complexity index is 718. The Hall–Kier alpha value is -2.01. The van der Waals surface area contributed by atoms with Crippen molar-refractivity contribution in [2.24, 2.45) is 0 Å². The van der Waals surface area contributed by atoms with Gasteiger partial charge in [-0.15, -0.1) is 0 Å². The largest absolute Gasteiger partial charge is 0.496 e. The van der Waals surface area contributed by atoms with Gasteiger partial charge in [-0.1, -0.05) is 32.4 Å². The van der Waals surface area contributed by atoms with Gasteiger partial charge in [-0.3, -0.25) is 0 Å². The van der Waals surface area contributed by atoms with E-state index in [1.54, 1.807) is 20.3 Å². The number of hydrogen-bond donors (Lipinski definition) is 1. The van der Waals surface area contributed by atoms with Crippen LogP contribution in [-0.2, 0) is 6.42 Å². The van der Waals surface area contributed by atoms with Crippen LogP contribution in [0.1, 0.15) is 39.3 Å². The highest BCUT2D eigenvalue weighted by Crippen LogP contribution is 2.37. The van der Waals surface area contributed by atoms with Gasteiger partial charge in [-0.25, -0.2) is 4.98 Å². The maximum absolute atomic E-state index is 6.07. The molecular formula is C19H26ClN3O2. The van der Waals surface area contributed by atoms with Gasteiger partial charge >= 0.3 is 0 Å². The van der Waals surface area contributed by atoms with Gasteiger partial charge in [-0.2, -0.15) is 4.98 Å². The number of aryl methyl sites for hydroxylation is 1. The number of nitrogens with zero attached hydrogens (tertiary/aromatic N) is 2. The summed E-state index contributed by atoms with van der Waals surface area (Å²) in [6.07, 6.45) is 2.81. The van der Waals surface area contributed by atoms with E-state index in [9.17, 15) is 0 Å². The molecule has 0 radical (unpaired) electrons. The molecule has 0 aliphatic heterocycles. The van der Waals surface area contributed by atoms with Gasteiger partial charge in [0.2, 0.25) is 5.88 Å². The fourth-order valence-corrected chi connectivity index (χ4v) is 2.84. The van der Waals surface area contributed by atoms with Gasteiger partial charge in [0.05, 0.1) is 19.9 Å². The van der Waals surface area contributed by atoms with Crippen LogP contribution in [0.5, 0.6) is 11.6 Å². The van der Waals surface area contributed by atoms with Crippen molar-refractivity contribution in [3.63, 3.8) is 0 Å². The van der Waals surface area contributed by atoms with E-state index in [-0.39, 0.29) is 0 Å². The summed E-state index contributed by atoms with van der Waals surface area (Å²) in [5.41, 5.74) is 2.36. The minimum Gasteiger partial charge on any atom is -0.496 e. The number of anilines is 1. The summed E-state index contributed by atoms with van der Waals surface area (Å²) < 4.78 is 11.0. The Labute approximate surface area is 154 Å². The van der Waals surface area contributed by atoms with Crippen LogP contribution in [0.25, 0.3) is 11.3 Å². The van der Waals surface area contributed by atoms with E-state index >= 15 is 0 Å². The highest BCUT2D eigenvalue weighted by molar-refractivity contribution is 6.30. The van der Waals surface area contributed by atoms with Crippen LogP contribution in [0.2, 0.25) is 5.02 Å². The van der Waals surface area contributed by atoms with Crippen molar-refractivity contribution >= 4 is 17.4 Å². The molecule has 5 nitrogen and oxygen atoms in total. The van der Waals surface area contributed by atoms with E-state index in [0.29, 0.717) is 28.4 Å². The van der Waals surface area contributed by atoms with Gasteiger partial charge in [0.1, 0.15) is 11.4 Å². The summed E-state index contributed by atoms with van der Waals surface area (Å²) in [7, 11) is 3.21. The molecule has 6 heteroatoms. The van der Waals surface area contributed by atoms with Gasteiger partial charge in [-0.05, 0) is 37.5 Å². The lowest BCUT2D eigenvalue weighted by Gasteiger charge is -2.19. The van der Waals surface area contributed by atoms with E-state index in [1.165, 1.54) is 0 Å². The number of nitrogens with one attached hydrogen (secondary N) is 1.